The molecule has 0 radical (unpaired) electrons. The fraction of sp³-hybridized carbons (Fsp3) is 0.263. The van der Waals surface area contributed by atoms with Gasteiger partial charge < -0.3 is 20.5 Å². The van der Waals surface area contributed by atoms with Gasteiger partial charge in [0, 0.05) is 24.7 Å². The summed E-state index contributed by atoms with van der Waals surface area (Å²) in [7, 11) is 0. The highest BCUT2D eigenvalue weighted by atomic mass is 16.5. The molecule has 0 aromatic heterocycles. The number of nitrogens with one attached hydrogen (secondary N) is 2. The van der Waals surface area contributed by atoms with Gasteiger partial charge in [-0.1, -0.05) is 18.2 Å². The molecule has 2 aromatic carbocycles. The fourth-order valence-corrected chi connectivity index (χ4v) is 2.29. The first-order valence-electron chi connectivity index (χ1n) is 8.19. The van der Waals surface area contributed by atoms with Crippen molar-refractivity contribution < 1.29 is 19.4 Å². The first kappa shape index (κ1) is 18.3. The molecule has 25 heavy (non-hydrogen) atoms. The molecule has 0 bridgehead atoms. The highest BCUT2D eigenvalue weighted by molar-refractivity contribution is 5.97. The Morgan fingerprint density at radius 3 is 2.68 bits per heavy atom. The topological polar surface area (TPSA) is 87.7 Å². The van der Waals surface area contributed by atoms with Gasteiger partial charge in [0.05, 0.1) is 12.2 Å². The molecule has 2 rings (SSSR count). The van der Waals surface area contributed by atoms with Crippen LogP contribution in [0, 0.1) is 0 Å². The third-order valence-electron chi connectivity index (χ3n) is 3.43. The SMILES string of the molecule is CCOc1ccccc1C(=O)NCCCC(=O)Nc1cccc(O)c1. The second kappa shape index (κ2) is 9.32. The largest absolute Gasteiger partial charge is 0.508 e. The van der Waals surface area contributed by atoms with Gasteiger partial charge in [-0.25, -0.2) is 0 Å². The number of phenols is 1. The number of hydrogen-bond acceptors (Lipinski definition) is 4. The molecule has 2 aromatic rings. The van der Waals surface area contributed by atoms with Gasteiger partial charge in [0.2, 0.25) is 5.91 Å². The van der Waals surface area contributed by atoms with Gasteiger partial charge in [0.25, 0.3) is 5.91 Å². The summed E-state index contributed by atoms with van der Waals surface area (Å²) >= 11 is 0. The Balaban J connectivity index is 1.75. The molecular weight excluding hydrogens is 320 g/mol. The zero-order valence-corrected chi connectivity index (χ0v) is 14.1. The molecule has 0 heterocycles. The maximum atomic E-state index is 12.2. The molecule has 132 valence electrons. The minimum atomic E-state index is -0.225. The van der Waals surface area contributed by atoms with E-state index in [0.717, 1.165) is 0 Å². The number of ether oxygens (including phenoxy) is 1. The molecule has 0 aliphatic rings. The van der Waals surface area contributed by atoms with Crippen molar-refractivity contribution in [2.75, 3.05) is 18.5 Å². The summed E-state index contributed by atoms with van der Waals surface area (Å²) < 4.78 is 5.43. The summed E-state index contributed by atoms with van der Waals surface area (Å²) in [6.07, 6.45) is 0.774. The summed E-state index contributed by atoms with van der Waals surface area (Å²) in [5.74, 6) is 0.245. The second-order valence-corrected chi connectivity index (χ2v) is 5.39. The van der Waals surface area contributed by atoms with Crippen LogP contribution < -0.4 is 15.4 Å². The number of carbonyl (C=O) groups excluding carboxylic acids is 2. The zero-order valence-electron chi connectivity index (χ0n) is 14.1. The summed E-state index contributed by atoms with van der Waals surface area (Å²) in [5, 5.41) is 14.8. The van der Waals surface area contributed by atoms with Crippen molar-refractivity contribution >= 4 is 17.5 Å². The first-order valence-corrected chi connectivity index (χ1v) is 8.19. The standard InChI is InChI=1S/C19H22N2O4/c1-2-25-17-10-4-3-9-16(17)19(24)20-12-6-11-18(23)21-14-7-5-8-15(22)13-14/h3-5,7-10,13,22H,2,6,11-12H2,1H3,(H,20,24)(H,21,23). The Morgan fingerprint density at radius 2 is 1.92 bits per heavy atom. The van der Waals surface area contributed by atoms with Crippen LogP contribution in [0.2, 0.25) is 0 Å². The lowest BCUT2D eigenvalue weighted by Gasteiger charge is -2.10. The summed E-state index contributed by atoms with van der Waals surface area (Å²) in [6, 6.07) is 13.4. The van der Waals surface area contributed by atoms with E-state index in [0.29, 0.717) is 36.6 Å². The van der Waals surface area contributed by atoms with E-state index in [2.05, 4.69) is 10.6 Å². The Kier molecular flexibility index (Phi) is 6.83. The lowest BCUT2D eigenvalue weighted by Crippen LogP contribution is -2.26. The van der Waals surface area contributed by atoms with Crippen LogP contribution in [0.1, 0.15) is 30.1 Å². The molecule has 0 fully saturated rings. The molecule has 0 aliphatic heterocycles. The number of benzene rings is 2. The number of rotatable bonds is 8. The van der Waals surface area contributed by atoms with Crippen LogP contribution in [-0.4, -0.2) is 30.1 Å². The maximum Gasteiger partial charge on any atom is 0.255 e. The fourth-order valence-electron chi connectivity index (χ4n) is 2.29. The molecule has 0 aliphatic carbocycles. The molecule has 0 atom stereocenters. The molecule has 6 heteroatoms. The van der Waals surface area contributed by atoms with Gasteiger partial charge in [-0.15, -0.1) is 0 Å². The summed E-state index contributed by atoms with van der Waals surface area (Å²) in [6.45, 7) is 2.73. The zero-order chi connectivity index (χ0) is 18.1. The number of carbonyl (C=O) groups is 2. The van der Waals surface area contributed by atoms with E-state index < -0.39 is 0 Å². The number of anilines is 1. The molecule has 6 nitrogen and oxygen atoms in total. The quantitative estimate of drug-likeness (QED) is 0.644. The van der Waals surface area contributed by atoms with Gasteiger partial charge in [-0.2, -0.15) is 0 Å². The van der Waals surface area contributed by atoms with Crippen LogP contribution >= 0.6 is 0 Å². The van der Waals surface area contributed by atoms with Crippen molar-refractivity contribution in [3.05, 3.63) is 54.1 Å². The third-order valence-corrected chi connectivity index (χ3v) is 3.43. The monoisotopic (exact) mass is 342 g/mol. The summed E-state index contributed by atoms with van der Waals surface area (Å²) in [5.41, 5.74) is 1.02. The van der Waals surface area contributed by atoms with Crippen LogP contribution in [0.5, 0.6) is 11.5 Å². The molecule has 0 saturated heterocycles. The number of phenolic OH excluding ortho intramolecular Hbond substituents is 1. The van der Waals surface area contributed by atoms with E-state index in [1.165, 1.54) is 12.1 Å². The molecule has 0 unspecified atom stereocenters. The minimum absolute atomic E-state index is 0.0954. The molecule has 0 saturated carbocycles. The molecular formula is C19H22N2O4. The number of hydrogen-bond donors (Lipinski definition) is 3. The van der Waals surface area contributed by atoms with Crippen LogP contribution in [0.4, 0.5) is 5.69 Å². The highest BCUT2D eigenvalue weighted by Crippen LogP contribution is 2.18. The van der Waals surface area contributed by atoms with E-state index in [4.69, 9.17) is 4.74 Å². The van der Waals surface area contributed by atoms with Crippen molar-refractivity contribution in [2.45, 2.75) is 19.8 Å². The average molecular weight is 342 g/mol. The second-order valence-electron chi connectivity index (χ2n) is 5.39. The van der Waals surface area contributed by atoms with Gasteiger partial charge in [0.1, 0.15) is 11.5 Å². The van der Waals surface area contributed by atoms with E-state index in [1.807, 2.05) is 13.0 Å². The van der Waals surface area contributed by atoms with Gasteiger partial charge in [-0.05, 0) is 37.6 Å². The van der Waals surface area contributed by atoms with Gasteiger partial charge in [-0.3, -0.25) is 9.59 Å². The Labute approximate surface area is 146 Å². The molecule has 2 amide bonds. The van der Waals surface area contributed by atoms with Crippen LogP contribution in [0.25, 0.3) is 0 Å². The van der Waals surface area contributed by atoms with Crippen LogP contribution in [0.3, 0.4) is 0 Å². The molecule has 0 spiro atoms. The normalized spacial score (nSPS) is 10.1. The Bertz CT molecular complexity index is 731. The minimum Gasteiger partial charge on any atom is -0.508 e. The summed E-state index contributed by atoms with van der Waals surface area (Å²) in [4.78, 5) is 24.0. The van der Waals surface area contributed by atoms with Crippen molar-refractivity contribution in [1.29, 1.82) is 0 Å². The lowest BCUT2D eigenvalue weighted by molar-refractivity contribution is -0.116. The number of aromatic hydroxyl groups is 1. The number of para-hydroxylation sites is 1. The lowest BCUT2D eigenvalue weighted by atomic mass is 10.2. The van der Waals surface area contributed by atoms with E-state index in [1.54, 1.807) is 30.3 Å². The van der Waals surface area contributed by atoms with E-state index in [9.17, 15) is 14.7 Å². The van der Waals surface area contributed by atoms with Gasteiger partial charge in [0.15, 0.2) is 0 Å². The highest BCUT2D eigenvalue weighted by Gasteiger charge is 2.11. The Hall–Kier alpha value is -3.02. The predicted octanol–water partition coefficient (Wildman–Crippen LogP) is 2.94. The van der Waals surface area contributed by atoms with Crippen molar-refractivity contribution in [3.8, 4) is 11.5 Å². The van der Waals surface area contributed by atoms with Crippen molar-refractivity contribution in [3.63, 3.8) is 0 Å². The maximum absolute atomic E-state index is 12.2. The smallest absolute Gasteiger partial charge is 0.255 e. The van der Waals surface area contributed by atoms with Crippen LogP contribution in [-0.2, 0) is 4.79 Å². The van der Waals surface area contributed by atoms with Crippen LogP contribution in [0.15, 0.2) is 48.5 Å². The molecule has 3 N–H and O–H groups in total. The average Bonchev–Trinajstić information content (AvgIpc) is 2.59. The number of amides is 2. The van der Waals surface area contributed by atoms with E-state index in [-0.39, 0.29) is 24.0 Å². The third kappa shape index (κ3) is 5.84. The van der Waals surface area contributed by atoms with Crippen molar-refractivity contribution in [2.24, 2.45) is 0 Å². The van der Waals surface area contributed by atoms with Crippen molar-refractivity contribution in [1.82, 2.24) is 5.32 Å². The predicted molar refractivity (Wildman–Crippen MR) is 95.9 cm³/mol. The Morgan fingerprint density at radius 1 is 1.12 bits per heavy atom. The van der Waals surface area contributed by atoms with Gasteiger partial charge >= 0.3 is 0 Å². The van der Waals surface area contributed by atoms with E-state index >= 15 is 0 Å². The first-order chi connectivity index (χ1) is 12.1.